The minimum Gasteiger partial charge on any atom is -0.467 e. The molecule has 3 aromatic heterocycles. The first kappa shape index (κ1) is 27.9. The van der Waals surface area contributed by atoms with Crippen LogP contribution in [-0.2, 0) is 16.0 Å². The highest BCUT2D eigenvalue weighted by atomic mass is 35.5. The normalized spacial score (nSPS) is 14.6. The zero-order valence-corrected chi connectivity index (χ0v) is 23.5. The summed E-state index contributed by atoms with van der Waals surface area (Å²) in [5, 5.41) is 7.07. The summed E-state index contributed by atoms with van der Waals surface area (Å²) in [7, 11) is 0. The third-order valence-electron chi connectivity index (χ3n) is 6.40. The number of amides is 3. The number of thiazole rings is 1. The summed E-state index contributed by atoms with van der Waals surface area (Å²) in [6, 6.07) is 10.9. The maximum atomic E-state index is 13.2. The average molecular weight is 603 g/mol. The van der Waals surface area contributed by atoms with Gasteiger partial charge in [0.1, 0.15) is 22.1 Å². The Morgan fingerprint density at radius 2 is 1.95 bits per heavy atom. The zero-order valence-electron chi connectivity index (χ0n) is 21.1. The molecular formula is C27H25Cl2N5O5S. The van der Waals surface area contributed by atoms with E-state index in [4.69, 9.17) is 32.4 Å². The molecule has 1 aliphatic heterocycles. The molecule has 0 radical (unpaired) electrons. The molecule has 1 aromatic carbocycles. The van der Waals surface area contributed by atoms with E-state index < -0.39 is 17.9 Å². The number of rotatable bonds is 9. The zero-order chi connectivity index (χ0) is 28.1. The highest BCUT2D eigenvalue weighted by Gasteiger charge is 2.27. The van der Waals surface area contributed by atoms with Gasteiger partial charge in [0, 0.05) is 54.7 Å². The van der Waals surface area contributed by atoms with Crippen molar-refractivity contribution in [3.05, 3.63) is 75.7 Å². The van der Waals surface area contributed by atoms with Crippen LogP contribution in [0.4, 0.5) is 0 Å². The van der Waals surface area contributed by atoms with Crippen molar-refractivity contribution in [1.29, 1.82) is 0 Å². The number of hydrogen-bond acceptors (Lipinski definition) is 8. The van der Waals surface area contributed by atoms with Gasteiger partial charge in [-0.15, -0.1) is 0 Å². The van der Waals surface area contributed by atoms with Crippen LogP contribution in [0.25, 0.3) is 11.0 Å². The molecule has 1 aliphatic rings. The van der Waals surface area contributed by atoms with Gasteiger partial charge in [0.25, 0.3) is 11.1 Å². The number of ether oxygens (including phenoxy) is 1. The van der Waals surface area contributed by atoms with Crippen LogP contribution < -0.4 is 15.4 Å². The monoisotopic (exact) mass is 601 g/mol. The van der Waals surface area contributed by atoms with Crippen LogP contribution in [0, 0.1) is 0 Å². The van der Waals surface area contributed by atoms with E-state index in [1.807, 2.05) is 0 Å². The molecule has 1 saturated heterocycles. The summed E-state index contributed by atoms with van der Waals surface area (Å²) in [5.74, 6) is -1.26. The van der Waals surface area contributed by atoms with E-state index in [0.717, 1.165) is 0 Å². The summed E-state index contributed by atoms with van der Waals surface area (Å²) in [5.41, 5.74) is 1.10. The molecule has 0 spiro atoms. The van der Waals surface area contributed by atoms with Crippen LogP contribution in [-0.4, -0.2) is 64.4 Å². The molecule has 0 aliphatic carbocycles. The molecule has 10 nitrogen and oxygen atoms in total. The van der Waals surface area contributed by atoms with Crippen LogP contribution in [0.3, 0.4) is 0 Å². The number of likely N-dealkylation sites (tertiary alicyclic amines) is 1. The maximum absolute atomic E-state index is 13.2. The predicted octanol–water partition coefficient (Wildman–Crippen LogP) is 4.12. The Labute approximate surface area is 243 Å². The number of furan rings is 1. The Kier molecular flexibility index (Phi) is 8.83. The van der Waals surface area contributed by atoms with Gasteiger partial charge in [0.05, 0.1) is 12.7 Å². The van der Waals surface area contributed by atoms with Gasteiger partial charge in [-0.3, -0.25) is 19.4 Å². The van der Waals surface area contributed by atoms with Gasteiger partial charge in [-0.1, -0.05) is 40.6 Å². The molecule has 208 valence electrons. The van der Waals surface area contributed by atoms with Crippen molar-refractivity contribution in [2.24, 2.45) is 0 Å². The summed E-state index contributed by atoms with van der Waals surface area (Å²) in [6.45, 7) is 0.773. The maximum Gasteiger partial charge on any atom is 0.287 e. The van der Waals surface area contributed by atoms with Crippen LogP contribution in [0.5, 0.6) is 5.19 Å². The fourth-order valence-electron chi connectivity index (χ4n) is 4.35. The van der Waals surface area contributed by atoms with E-state index in [2.05, 4.69) is 20.6 Å². The van der Waals surface area contributed by atoms with Crippen LogP contribution in [0.15, 0.2) is 59.3 Å². The summed E-state index contributed by atoms with van der Waals surface area (Å²) >= 11 is 13.2. The number of carbonyl (C=O) groups excluding carboxylic acids is 3. The highest BCUT2D eigenvalue weighted by Crippen LogP contribution is 2.27. The summed E-state index contributed by atoms with van der Waals surface area (Å²) in [4.78, 5) is 49.1. The molecule has 3 amide bonds. The van der Waals surface area contributed by atoms with Gasteiger partial charge in [0.15, 0.2) is 5.76 Å². The largest absolute Gasteiger partial charge is 0.467 e. The lowest BCUT2D eigenvalue weighted by atomic mass is 10.1. The topological polar surface area (TPSA) is 127 Å². The molecule has 40 heavy (non-hydrogen) atoms. The third kappa shape index (κ3) is 7.09. The van der Waals surface area contributed by atoms with Crippen molar-refractivity contribution in [2.45, 2.75) is 31.4 Å². The second-order valence-electron chi connectivity index (χ2n) is 9.19. The predicted molar refractivity (Wildman–Crippen MR) is 151 cm³/mol. The molecule has 0 bridgehead atoms. The average Bonchev–Trinajstić information content (AvgIpc) is 3.57. The molecule has 1 fully saturated rings. The minimum atomic E-state index is -0.990. The first-order valence-corrected chi connectivity index (χ1v) is 14.1. The Hall–Kier alpha value is -3.67. The standard InChI is InChI=1S/C27H25Cl2N5O5S/c28-17-4-5-21-16(11-17)12-22(39-21)26(37)33-20(13-18-3-1-2-8-30-18)25(36)31-15-24(35)34-9-6-19(7-10-34)38-27-32-14-23(29)40-27/h1-5,8,11-12,14,19-20H,6-7,9-10,13,15H2,(H,31,36)(H,33,37)/t20-/m0/s1. The van der Waals surface area contributed by atoms with Crippen molar-refractivity contribution < 1.29 is 23.5 Å². The van der Waals surface area contributed by atoms with Crippen LogP contribution >= 0.6 is 34.5 Å². The van der Waals surface area contributed by atoms with E-state index in [1.165, 1.54) is 11.3 Å². The first-order valence-electron chi connectivity index (χ1n) is 12.6. The number of pyridine rings is 1. The number of nitrogens with zero attached hydrogens (tertiary/aromatic N) is 3. The SMILES string of the molecule is O=C(N[C@@H](Cc1ccccn1)C(=O)NCC(=O)N1CCC(Oc2ncc(Cl)s2)CC1)c1cc2cc(Cl)ccc2o1. The van der Waals surface area contributed by atoms with Gasteiger partial charge in [-0.05, 0) is 36.4 Å². The smallest absolute Gasteiger partial charge is 0.287 e. The van der Waals surface area contributed by atoms with Gasteiger partial charge in [0.2, 0.25) is 11.8 Å². The highest BCUT2D eigenvalue weighted by molar-refractivity contribution is 7.17. The summed E-state index contributed by atoms with van der Waals surface area (Å²) < 4.78 is 12.0. The van der Waals surface area contributed by atoms with E-state index >= 15 is 0 Å². The Morgan fingerprint density at radius 1 is 1.12 bits per heavy atom. The van der Waals surface area contributed by atoms with Gasteiger partial charge < -0.3 is 24.7 Å². The van der Waals surface area contributed by atoms with Crippen molar-refractivity contribution >= 4 is 63.2 Å². The molecule has 5 rings (SSSR count). The van der Waals surface area contributed by atoms with Gasteiger partial charge in [-0.25, -0.2) is 4.98 Å². The second-order valence-corrected chi connectivity index (χ2v) is 11.3. The van der Waals surface area contributed by atoms with Gasteiger partial charge in [-0.2, -0.15) is 0 Å². The van der Waals surface area contributed by atoms with Crippen molar-refractivity contribution in [3.63, 3.8) is 0 Å². The fourth-order valence-corrected chi connectivity index (χ4v) is 5.34. The van der Waals surface area contributed by atoms with Crippen LogP contribution in [0.1, 0.15) is 29.1 Å². The molecule has 4 aromatic rings. The molecule has 1 atom stereocenters. The molecular weight excluding hydrogens is 577 g/mol. The Balaban J connectivity index is 1.18. The molecule has 4 heterocycles. The molecule has 0 saturated carbocycles. The number of aromatic nitrogens is 2. The van der Waals surface area contributed by atoms with E-state index in [-0.39, 0.29) is 30.7 Å². The van der Waals surface area contributed by atoms with E-state index in [9.17, 15) is 14.4 Å². The number of piperidine rings is 1. The lowest BCUT2D eigenvalue weighted by Gasteiger charge is -2.31. The van der Waals surface area contributed by atoms with E-state index in [0.29, 0.717) is 57.1 Å². The number of fused-ring (bicyclic) bond motifs is 1. The number of carbonyl (C=O) groups is 3. The molecule has 0 unspecified atom stereocenters. The lowest BCUT2D eigenvalue weighted by molar-refractivity contribution is -0.134. The number of benzene rings is 1. The number of nitrogens with one attached hydrogen (secondary N) is 2. The summed E-state index contributed by atoms with van der Waals surface area (Å²) in [6.07, 6.45) is 4.49. The number of hydrogen-bond donors (Lipinski definition) is 2. The van der Waals surface area contributed by atoms with Crippen molar-refractivity contribution in [3.8, 4) is 5.19 Å². The first-order chi connectivity index (χ1) is 19.3. The van der Waals surface area contributed by atoms with E-state index in [1.54, 1.807) is 59.8 Å². The minimum absolute atomic E-state index is 0.0391. The Bertz CT molecular complexity index is 1500. The van der Waals surface area contributed by atoms with Crippen molar-refractivity contribution in [1.82, 2.24) is 25.5 Å². The Morgan fingerprint density at radius 3 is 2.67 bits per heavy atom. The molecule has 2 N–H and O–H groups in total. The lowest BCUT2D eigenvalue weighted by Crippen LogP contribution is -2.51. The van der Waals surface area contributed by atoms with Crippen LogP contribution in [0.2, 0.25) is 9.36 Å². The molecule has 13 heteroatoms. The fraction of sp³-hybridized carbons (Fsp3) is 0.296. The van der Waals surface area contributed by atoms with Gasteiger partial charge >= 0.3 is 0 Å². The van der Waals surface area contributed by atoms with Crippen molar-refractivity contribution in [2.75, 3.05) is 19.6 Å². The second kappa shape index (κ2) is 12.7. The number of halogens is 2. The quantitative estimate of drug-likeness (QED) is 0.295. The third-order valence-corrected chi connectivity index (χ3v) is 7.64.